The number of para-hydroxylation sites is 1. The molecule has 1 fully saturated rings. The van der Waals surface area contributed by atoms with Crippen molar-refractivity contribution in [3.63, 3.8) is 0 Å². The second-order valence-electron chi connectivity index (χ2n) is 8.64. The predicted molar refractivity (Wildman–Crippen MR) is 141 cm³/mol. The van der Waals surface area contributed by atoms with Crippen molar-refractivity contribution in [1.29, 1.82) is 0 Å². The molecule has 0 atom stereocenters. The van der Waals surface area contributed by atoms with Gasteiger partial charge in [0.15, 0.2) is 5.11 Å². The molecule has 1 aliphatic rings. The summed E-state index contributed by atoms with van der Waals surface area (Å²) in [6.45, 7) is 1.99. The molecule has 3 N–H and O–H groups in total. The van der Waals surface area contributed by atoms with Crippen molar-refractivity contribution in [1.82, 2.24) is 10.3 Å². The highest BCUT2D eigenvalue weighted by Crippen LogP contribution is 2.29. The van der Waals surface area contributed by atoms with Crippen molar-refractivity contribution < 1.29 is 0 Å². The number of hydrogen-bond donors (Lipinski definition) is 3. The van der Waals surface area contributed by atoms with Crippen LogP contribution in [0.25, 0.3) is 10.9 Å². The van der Waals surface area contributed by atoms with Gasteiger partial charge in [0.2, 0.25) is 0 Å². The largest absolute Gasteiger partial charge is 0.377 e. The summed E-state index contributed by atoms with van der Waals surface area (Å²) in [5.74, 6) is 0.942. The summed E-state index contributed by atoms with van der Waals surface area (Å²) in [7, 11) is 4.15. The van der Waals surface area contributed by atoms with Gasteiger partial charge in [-0.2, -0.15) is 0 Å². The molecule has 1 heterocycles. The Labute approximate surface area is 200 Å². The van der Waals surface area contributed by atoms with Crippen LogP contribution in [0, 0.1) is 6.92 Å². The zero-order valence-electron chi connectivity index (χ0n) is 18.8. The molecule has 1 aliphatic carbocycles. The van der Waals surface area contributed by atoms with E-state index in [2.05, 4.69) is 59.2 Å². The number of hydrogen-bond acceptors (Lipinski definition) is 4. The van der Waals surface area contributed by atoms with Crippen LogP contribution in [0.3, 0.4) is 0 Å². The SMILES string of the molecule is Cc1c(Cl)cccc1NC(=S)N[C@H]1CC[C@@H](Nc2cc(N(C)C)c3ccccc3n2)CC1. The Bertz CT molecular complexity index is 1110. The lowest BCUT2D eigenvalue weighted by Crippen LogP contribution is -2.42. The fourth-order valence-corrected chi connectivity index (χ4v) is 4.73. The number of aromatic nitrogens is 1. The minimum Gasteiger partial charge on any atom is -0.377 e. The lowest BCUT2D eigenvalue weighted by atomic mass is 9.91. The first kappa shape index (κ1) is 22.6. The van der Waals surface area contributed by atoms with Crippen molar-refractivity contribution >= 4 is 57.0 Å². The van der Waals surface area contributed by atoms with Gasteiger partial charge in [0.1, 0.15) is 5.82 Å². The highest BCUT2D eigenvalue weighted by molar-refractivity contribution is 7.80. The summed E-state index contributed by atoms with van der Waals surface area (Å²) in [4.78, 5) is 6.99. The lowest BCUT2D eigenvalue weighted by molar-refractivity contribution is 0.388. The van der Waals surface area contributed by atoms with Gasteiger partial charge in [-0.15, -0.1) is 0 Å². The van der Waals surface area contributed by atoms with Crippen LogP contribution in [-0.2, 0) is 0 Å². The predicted octanol–water partition coefficient (Wildman–Crippen LogP) is 5.97. The Morgan fingerprint density at radius 3 is 2.50 bits per heavy atom. The monoisotopic (exact) mass is 467 g/mol. The van der Waals surface area contributed by atoms with E-state index in [1.165, 1.54) is 11.1 Å². The van der Waals surface area contributed by atoms with E-state index in [9.17, 15) is 0 Å². The number of nitrogens with one attached hydrogen (secondary N) is 3. The third-order valence-corrected chi connectivity index (χ3v) is 6.74. The fourth-order valence-electron chi connectivity index (χ4n) is 4.28. The van der Waals surface area contributed by atoms with Crippen LogP contribution in [0.5, 0.6) is 0 Å². The van der Waals surface area contributed by atoms with Gasteiger partial charge < -0.3 is 20.9 Å². The summed E-state index contributed by atoms with van der Waals surface area (Å²) < 4.78 is 0. The van der Waals surface area contributed by atoms with Crippen LogP contribution in [0.4, 0.5) is 17.2 Å². The molecule has 2 aromatic carbocycles. The molecule has 0 unspecified atom stereocenters. The number of rotatable bonds is 5. The zero-order valence-corrected chi connectivity index (χ0v) is 20.4. The molecule has 0 saturated heterocycles. The summed E-state index contributed by atoms with van der Waals surface area (Å²) in [6.07, 6.45) is 4.26. The molecule has 168 valence electrons. The molecule has 32 heavy (non-hydrogen) atoms. The maximum absolute atomic E-state index is 6.21. The Hall–Kier alpha value is -2.57. The van der Waals surface area contributed by atoms with E-state index < -0.39 is 0 Å². The molecule has 0 spiro atoms. The number of fused-ring (bicyclic) bond motifs is 1. The number of nitrogens with zero attached hydrogens (tertiary/aromatic N) is 2. The molecular formula is C25H30ClN5S. The van der Waals surface area contributed by atoms with Crippen LogP contribution < -0.4 is 20.9 Å². The van der Waals surface area contributed by atoms with Crippen LogP contribution >= 0.6 is 23.8 Å². The molecule has 1 saturated carbocycles. The molecular weight excluding hydrogens is 438 g/mol. The van der Waals surface area contributed by atoms with Crippen molar-refractivity contribution in [3.05, 3.63) is 59.1 Å². The van der Waals surface area contributed by atoms with E-state index in [0.717, 1.165) is 53.3 Å². The highest BCUT2D eigenvalue weighted by Gasteiger charge is 2.22. The first-order chi connectivity index (χ1) is 15.4. The van der Waals surface area contributed by atoms with Crippen LogP contribution in [-0.4, -0.2) is 36.3 Å². The fraction of sp³-hybridized carbons (Fsp3) is 0.360. The average molecular weight is 468 g/mol. The van der Waals surface area contributed by atoms with Gasteiger partial charge in [0.05, 0.1) is 5.52 Å². The van der Waals surface area contributed by atoms with Crippen molar-refractivity contribution in [2.45, 2.75) is 44.7 Å². The molecule has 0 amide bonds. The van der Waals surface area contributed by atoms with E-state index in [-0.39, 0.29) is 0 Å². The third-order valence-electron chi connectivity index (χ3n) is 6.11. The number of thiocarbonyl (C=S) groups is 1. The lowest BCUT2D eigenvalue weighted by Gasteiger charge is -2.31. The van der Waals surface area contributed by atoms with Gasteiger partial charge in [-0.05, 0) is 68.6 Å². The van der Waals surface area contributed by atoms with Crippen LogP contribution in [0.1, 0.15) is 31.2 Å². The third kappa shape index (κ3) is 5.25. The standard InChI is InChI=1S/C25H30ClN5S/c1-16-20(26)8-6-10-21(16)30-25(32)28-18-13-11-17(12-14-18)27-24-15-23(31(2)3)19-7-4-5-9-22(19)29-24/h4-10,15,17-18H,11-14H2,1-3H3,(H,27,29)(H2,28,30,32)/t17-,18+. The van der Waals surface area contributed by atoms with Gasteiger partial charge in [0.25, 0.3) is 0 Å². The molecule has 1 aromatic heterocycles. The number of halogens is 1. The zero-order chi connectivity index (χ0) is 22.7. The molecule has 0 aliphatic heterocycles. The van der Waals surface area contributed by atoms with E-state index >= 15 is 0 Å². The first-order valence-electron chi connectivity index (χ1n) is 11.1. The summed E-state index contributed by atoms with van der Waals surface area (Å²) >= 11 is 11.8. The van der Waals surface area contributed by atoms with Gasteiger partial charge in [0, 0.05) is 54.0 Å². The summed E-state index contributed by atoms with van der Waals surface area (Å²) in [5.41, 5.74) is 4.15. The van der Waals surface area contributed by atoms with Gasteiger partial charge >= 0.3 is 0 Å². The molecule has 0 radical (unpaired) electrons. The Balaban J connectivity index is 1.33. The van der Waals surface area contributed by atoms with Gasteiger partial charge in [-0.25, -0.2) is 4.98 Å². The number of benzene rings is 2. The topological polar surface area (TPSA) is 52.2 Å². The molecule has 4 rings (SSSR count). The van der Waals surface area contributed by atoms with Gasteiger partial charge in [-0.1, -0.05) is 35.9 Å². The normalized spacial score (nSPS) is 18.2. The Morgan fingerprint density at radius 1 is 1.03 bits per heavy atom. The summed E-state index contributed by atoms with van der Waals surface area (Å²) in [6, 6.07) is 17.0. The molecule has 5 nitrogen and oxygen atoms in total. The van der Waals surface area contributed by atoms with Gasteiger partial charge in [-0.3, -0.25) is 0 Å². The second kappa shape index (κ2) is 9.92. The minimum atomic E-state index is 0.370. The van der Waals surface area contributed by atoms with E-state index in [4.69, 9.17) is 28.8 Å². The molecule has 0 bridgehead atoms. The molecule has 7 heteroatoms. The average Bonchev–Trinajstić information content (AvgIpc) is 2.77. The highest BCUT2D eigenvalue weighted by atomic mass is 35.5. The number of anilines is 3. The quantitative estimate of drug-likeness (QED) is 0.402. The first-order valence-corrected chi connectivity index (χ1v) is 11.9. The van der Waals surface area contributed by atoms with Crippen LogP contribution in [0.15, 0.2) is 48.5 Å². The minimum absolute atomic E-state index is 0.370. The maximum Gasteiger partial charge on any atom is 0.171 e. The Kier molecular flexibility index (Phi) is 7.01. The smallest absolute Gasteiger partial charge is 0.171 e. The molecule has 3 aromatic rings. The Morgan fingerprint density at radius 2 is 1.75 bits per heavy atom. The van der Waals surface area contributed by atoms with Crippen molar-refractivity contribution in [2.75, 3.05) is 29.6 Å². The van der Waals surface area contributed by atoms with E-state index in [1.807, 2.05) is 31.2 Å². The van der Waals surface area contributed by atoms with E-state index in [1.54, 1.807) is 0 Å². The van der Waals surface area contributed by atoms with Crippen LogP contribution in [0.2, 0.25) is 5.02 Å². The summed E-state index contributed by atoms with van der Waals surface area (Å²) in [5, 5.41) is 13.0. The van der Waals surface area contributed by atoms with Crippen molar-refractivity contribution in [2.24, 2.45) is 0 Å². The maximum atomic E-state index is 6.21. The second-order valence-corrected chi connectivity index (χ2v) is 9.46. The van der Waals surface area contributed by atoms with E-state index in [0.29, 0.717) is 17.2 Å². The van der Waals surface area contributed by atoms with Crippen molar-refractivity contribution in [3.8, 4) is 0 Å². The number of pyridine rings is 1.